The van der Waals surface area contributed by atoms with Crippen molar-refractivity contribution < 1.29 is 9.47 Å². The molecule has 0 aromatic carbocycles. The van der Waals surface area contributed by atoms with Crippen molar-refractivity contribution in [1.82, 2.24) is 0 Å². The highest BCUT2D eigenvalue weighted by Crippen LogP contribution is 2.46. The van der Waals surface area contributed by atoms with Crippen LogP contribution in [0.5, 0.6) is 0 Å². The van der Waals surface area contributed by atoms with Crippen LogP contribution in [0.4, 0.5) is 0 Å². The summed E-state index contributed by atoms with van der Waals surface area (Å²) in [7, 11) is 0. The van der Waals surface area contributed by atoms with Gasteiger partial charge in [0.1, 0.15) is 0 Å². The molecule has 3 aliphatic heterocycles. The maximum Gasteiger partial charge on any atom is 0.0729 e. The Morgan fingerprint density at radius 2 is 2.00 bits per heavy atom. The highest BCUT2D eigenvalue weighted by molar-refractivity contribution is 8.00. The highest BCUT2D eigenvalue weighted by atomic mass is 32.2. The molecule has 3 nitrogen and oxygen atoms in total. The van der Waals surface area contributed by atoms with Crippen LogP contribution in [0.3, 0.4) is 0 Å². The lowest BCUT2D eigenvalue weighted by Gasteiger charge is -2.47. The molecule has 3 fully saturated rings. The lowest BCUT2D eigenvalue weighted by atomic mass is 9.74. The average Bonchev–Trinajstić information content (AvgIpc) is 2.87. The van der Waals surface area contributed by atoms with Crippen LogP contribution < -0.4 is 5.73 Å². The molecule has 3 unspecified atom stereocenters. The second kappa shape index (κ2) is 5.55. The number of hydrogen-bond acceptors (Lipinski definition) is 4. The van der Waals surface area contributed by atoms with Crippen LogP contribution >= 0.6 is 11.8 Å². The third-order valence-electron chi connectivity index (χ3n) is 5.40. The van der Waals surface area contributed by atoms with Crippen LogP contribution in [0.2, 0.25) is 0 Å². The molecule has 0 saturated carbocycles. The van der Waals surface area contributed by atoms with Crippen molar-refractivity contribution >= 4 is 11.8 Å². The van der Waals surface area contributed by atoms with Crippen molar-refractivity contribution in [2.45, 2.75) is 61.8 Å². The van der Waals surface area contributed by atoms with Gasteiger partial charge in [-0.3, -0.25) is 0 Å². The quantitative estimate of drug-likeness (QED) is 0.847. The number of rotatable bonds is 2. The Morgan fingerprint density at radius 3 is 2.68 bits per heavy atom. The molecule has 3 saturated heterocycles. The van der Waals surface area contributed by atoms with Gasteiger partial charge in [-0.1, -0.05) is 0 Å². The first-order valence-electron chi connectivity index (χ1n) is 7.75. The first-order chi connectivity index (χ1) is 9.14. The molecule has 0 aromatic rings. The summed E-state index contributed by atoms with van der Waals surface area (Å²) in [6.07, 6.45) is 7.01. The molecular weight excluding hydrogens is 258 g/mol. The van der Waals surface area contributed by atoms with Crippen molar-refractivity contribution in [1.29, 1.82) is 0 Å². The van der Waals surface area contributed by atoms with Crippen LogP contribution in [0, 0.1) is 5.92 Å². The van der Waals surface area contributed by atoms with Gasteiger partial charge < -0.3 is 15.2 Å². The minimum atomic E-state index is 0.0818. The first kappa shape index (κ1) is 14.2. The van der Waals surface area contributed by atoms with Crippen molar-refractivity contribution in [3.8, 4) is 0 Å². The Bertz CT molecular complexity index is 306. The first-order valence-corrected chi connectivity index (χ1v) is 8.73. The summed E-state index contributed by atoms with van der Waals surface area (Å²) in [4.78, 5) is 0. The van der Waals surface area contributed by atoms with E-state index in [0.29, 0.717) is 16.7 Å². The fraction of sp³-hybridized carbons (Fsp3) is 1.00. The van der Waals surface area contributed by atoms with E-state index in [1.165, 1.54) is 18.6 Å². The van der Waals surface area contributed by atoms with Gasteiger partial charge in [0, 0.05) is 30.6 Å². The summed E-state index contributed by atoms with van der Waals surface area (Å²) in [5.41, 5.74) is 6.75. The molecular formula is C15H27NO2S. The Kier molecular flexibility index (Phi) is 4.14. The minimum absolute atomic E-state index is 0.0818. The van der Waals surface area contributed by atoms with Crippen LogP contribution in [-0.2, 0) is 9.47 Å². The van der Waals surface area contributed by atoms with Crippen molar-refractivity contribution in [3.05, 3.63) is 0 Å². The average molecular weight is 285 g/mol. The van der Waals surface area contributed by atoms with E-state index in [1.54, 1.807) is 0 Å². The molecule has 3 aliphatic rings. The Morgan fingerprint density at radius 1 is 1.21 bits per heavy atom. The third-order valence-corrected chi connectivity index (χ3v) is 7.03. The Balaban J connectivity index is 1.67. The molecule has 2 N–H and O–H groups in total. The lowest BCUT2D eigenvalue weighted by molar-refractivity contribution is -0.149. The molecule has 0 aromatic heterocycles. The summed E-state index contributed by atoms with van der Waals surface area (Å²) < 4.78 is 11.9. The SMILES string of the molecule is CC1(C(N)C2CCOC3(CCOCC3)C2)CCCS1. The summed E-state index contributed by atoms with van der Waals surface area (Å²) in [6, 6.07) is 0.323. The standard InChI is InChI=1S/C15H27NO2S/c1-14(4-2-10-19-14)13(16)12-3-7-18-15(11-12)5-8-17-9-6-15/h12-13H,2-11,16H2,1H3. The Labute approximate surface area is 121 Å². The maximum absolute atomic E-state index is 6.67. The maximum atomic E-state index is 6.67. The molecule has 3 rings (SSSR count). The molecule has 0 radical (unpaired) electrons. The van der Waals surface area contributed by atoms with E-state index >= 15 is 0 Å². The Hall–Kier alpha value is 0.230. The summed E-state index contributed by atoms with van der Waals surface area (Å²) in [5, 5.41) is 0. The van der Waals surface area contributed by atoms with Crippen LogP contribution in [-0.4, -0.2) is 42.0 Å². The summed E-state index contributed by atoms with van der Waals surface area (Å²) in [5.74, 6) is 1.91. The zero-order valence-corrected chi connectivity index (χ0v) is 12.8. The molecule has 1 spiro atoms. The van der Waals surface area contributed by atoms with E-state index in [4.69, 9.17) is 15.2 Å². The second-order valence-electron chi connectivity index (χ2n) is 6.69. The number of nitrogens with two attached hydrogens (primary N) is 1. The second-order valence-corrected chi connectivity index (χ2v) is 8.32. The van der Waals surface area contributed by atoms with Gasteiger partial charge >= 0.3 is 0 Å². The van der Waals surface area contributed by atoms with Gasteiger partial charge in [-0.15, -0.1) is 0 Å². The molecule has 19 heavy (non-hydrogen) atoms. The molecule has 3 atom stereocenters. The minimum Gasteiger partial charge on any atom is -0.381 e. The molecule has 0 amide bonds. The van der Waals surface area contributed by atoms with Gasteiger partial charge in [-0.05, 0) is 57.1 Å². The predicted molar refractivity (Wildman–Crippen MR) is 79.5 cm³/mol. The molecule has 3 heterocycles. The van der Waals surface area contributed by atoms with Crippen molar-refractivity contribution in [3.63, 3.8) is 0 Å². The monoisotopic (exact) mass is 285 g/mol. The smallest absolute Gasteiger partial charge is 0.0729 e. The van der Waals surface area contributed by atoms with Crippen molar-refractivity contribution in [2.24, 2.45) is 11.7 Å². The van der Waals surface area contributed by atoms with E-state index in [9.17, 15) is 0 Å². The zero-order chi connectivity index (χ0) is 13.3. The van der Waals surface area contributed by atoms with Gasteiger partial charge in [0.25, 0.3) is 0 Å². The zero-order valence-electron chi connectivity index (χ0n) is 12.0. The van der Waals surface area contributed by atoms with Gasteiger partial charge in [0.2, 0.25) is 0 Å². The normalized spacial score (nSPS) is 40.4. The number of hydrogen-bond donors (Lipinski definition) is 1. The van der Waals surface area contributed by atoms with Crippen LogP contribution in [0.15, 0.2) is 0 Å². The topological polar surface area (TPSA) is 44.5 Å². The molecule has 4 heteroatoms. The molecule has 110 valence electrons. The summed E-state index contributed by atoms with van der Waals surface area (Å²) in [6.45, 7) is 4.97. The van der Waals surface area contributed by atoms with Crippen LogP contribution in [0.1, 0.15) is 45.4 Å². The molecule has 0 aliphatic carbocycles. The van der Waals surface area contributed by atoms with E-state index in [2.05, 4.69) is 18.7 Å². The van der Waals surface area contributed by atoms with Crippen LogP contribution in [0.25, 0.3) is 0 Å². The number of ether oxygens (including phenoxy) is 2. The third kappa shape index (κ3) is 2.82. The number of thioether (sulfide) groups is 1. The van der Waals surface area contributed by atoms with Crippen molar-refractivity contribution in [2.75, 3.05) is 25.6 Å². The largest absolute Gasteiger partial charge is 0.381 e. The fourth-order valence-corrected chi connectivity index (χ4v) is 5.45. The van der Waals surface area contributed by atoms with Gasteiger partial charge in [-0.25, -0.2) is 0 Å². The highest BCUT2D eigenvalue weighted by Gasteiger charge is 2.46. The van der Waals surface area contributed by atoms with E-state index in [0.717, 1.165) is 45.5 Å². The summed E-state index contributed by atoms with van der Waals surface area (Å²) >= 11 is 2.09. The van der Waals surface area contributed by atoms with Gasteiger partial charge in [0.15, 0.2) is 0 Å². The van der Waals surface area contributed by atoms with E-state index in [-0.39, 0.29) is 5.60 Å². The molecule has 0 bridgehead atoms. The fourth-order valence-electron chi connectivity index (χ4n) is 4.03. The van der Waals surface area contributed by atoms with E-state index < -0.39 is 0 Å². The van der Waals surface area contributed by atoms with Gasteiger partial charge in [0.05, 0.1) is 5.60 Å². The van der Waals surface area contributed by atoms with E-state index in [1.807, 2.05) is 0 Å². The lowest BCUT2D eigenvalue weighted by Crippen LogP contribution is -2.53. The van der Waals surface area contributed by atoms with Gasteiger partial charge in [-0.2, -0.15) is 11.8 Å². The predicted octanol–water partition coefficient (Wildman–Crippen LogP) is 2.58.